The molecule has 2 aromatic rings. The molecule has 3 rings (SSSR count). The lowest BCUT2D eigenvalue weighted by Gasteiger charge is -2.33. The maximum Gasteiger partial charge on any atom is 0.291 e. The molecule has 0 bridgehead atoms. The number of hydrogen-bond donors (Lipinski definition) is 1. The quantitative estimate of drug-likeness (QED) is 0.759. The molecule has 0 saturated heterocycles. The van der Waals surface area contributed by atoms with E-state index >= 15 is 0 Å². The predicted octanol–water partition coefficient (Wildman–Crippen LogP) is 2.14. The van der Waals surface area contributed by atoms with Crippen LogP contribution in [0.15, 0.2) is 17.1 Å². The number of aromatic nitrogens is 3. The van der Waals surface area contributed by atoms with Gasteiger partial charge in [0.05, 0.1) is 0 Å². The fraction of sp³-hybridized carbons (Fsp3) is 0.562. The third kappa shape index (κ3) is 3.29. The summed E-state index contributed by atoms with van der Waals surface area (Å²) in [5, 5.41) is 7.40. The maximum atomic E-state index is 12.6. The van der Waals surface area contributed by atoms with Gasteiger partial charge >= 0.3 is 0 Å². The monoisotopic (exact) mass is 428 g/mol. The normalized spacial score (nSPS) is 20.7. The summed E-state index contributed by atoms with van der Waals surface area (Å²) >= 11 is 2.18. The Balaban J connectivity index is 1.89. The first-order valence-corrected chi connectivity index (χ1v) is 9.01. The van der Waals surface area contributed by atoms with E-state index in [1.165, 1.54) is 4.68 Å². The Hall–Kier alpha value is -1.38. The number of rotatable bonds is 4. The molecule has 6 nitrogen and oxygen atoms in total. The number of carbonyl (C=O) groups excluding carboxylic acids is 1. The minimum absolute atomic E-state index is 0.0261. The third-order valence-corrected chi connectivity index (χ3v) is 4.85. The molecule has 2 heterocycles. The lowest BCUT2D eigenvalue weighted by Crippen LogP contribution is -2.45. The molecule has 0 aliphatic heterocycles. The number of amides is 1. The molecular formula is C16H21IN4O2. The second kappa shape index (κ2) is 6.26. The maximum absolute atomic E-state index is 12.6. The van der Waals surface area contributed by atoms with Gasteiger partial charge < -0.3 is 5.32 Å². The third-order valence-electron chi connectivity index (χ3n) is 4.26. The number of nitrogens with one attached hydrogen (secondary N) is 1. The number of halogens is 1. The van der Waals surface area contributed by atoms with Crippen LogP contribution in [-0.2, 0) is 11.3 Å². The Kier molecular flexibility index (Phi) is 4.48. The average Bonchev–Trinajstić information content (AvgIpc) is 2.82. The molecule has 0 spiro atoms. The Morgan fingerprint density at radius 1 is 1.48 bits per heavy atom. The van der Waals surface area contributed by atoms with E-state index in [0.29, 0.717) is 11.4 Å². The highest BCUT2D eigenvalue weighted by atomic mass is 127. The van der Waals surface area contributed by atoms with Crippen molar-refractivity contribution in [2.45, 2.75) is 52.1 Å². The minimum Gasteiger partial charge on any atom is -0.352 e. The van der Waals surface area contributed by atoms with E-state index in [0.717, 1.165) is 22.2 Å². The van der Waals surface area contributed by atoms with E-state index in [1.807, 2.05) is 30.5 Å². The van der Waals surface area contributed by atoms with Gasteiger partial charge in [-0.25, -0.2) is 4.68 Å². The van der Waals surface area contributed by atoms with Gasteiger partial charge in [0.2, 0.25) is 5.91 Å². The van der Waals surface area contributed by atoms with Crippen molar-refractivity contribution in [3.8, 4) is 0 Å². The second-order valence-corrected chi connectivity index (χ2v) is 7.98. The van der Waals surface area contributed by atoms with Crippen molar-refractivity contribution in [2.24, 2.45) is 5.92 Å². The van der Waals surface area contributed by atoms with Crippen LogP contribution in [-0.4, -0.2) is 26.1 Å². The Morgan fingerprint density at radius 3 is 2.78 bits per heavy atom. The largest absolute Gasteiger partial charge is 0.352 e. The summed E-state index contributed by atoms with van der Waals surface area (Å²) in [5.74, 6) is 1.47. The van der Waals surface area contributed by atoms with E-state index in [4.69, 9.17) is 0 Å². The SMILES string of the molecule is CC1CC(NC(=O)Cn2nc(C(C)C)n3cc(I)cc3c2=O)C1. The smallest absolute Gasteiger partial charge is 0.291 e. The average molecular weight is 428 g/mol. The van der Waals surface area contributed by atoms with E-state index in [1.54, 1.807) is 0 Å². The highest BCUT2D eigenvalue weighted by Gasteiger charge is 2.27. The molecule has 1 aliphatic carbocycles. The Bertz CT molecular complexity index is 802. The zero-order valence-corrected chi connectivity index (χ0v) is 15.7. The zero-order chi connectivity index (χ0) is 16.7. The van der Waals surface area contributed by atoms with Crippen LogP contribution in [0.3, 0.4) is 0 Å². The summed E-state index contributed by atoms with van der Waals surface area (Å²) in [4.78, 5) is 24.7. The van der Waals surface area contributed by atoms with E-state index in [9.17, 15) is 9.59 Å². The van der Waals surface area contributed by atoms with Crippen LogP contribution in [0.4, 0.5) is 0 Å². The summed E-state index contributed by atoms with van der Waals surface area (Å²) in [6.07, 6.45) is 3.93. The Labute approximate surface area is 148 Å². The topological polar surface area (TPSA) is 68.4 Å². The number of fused-ring (bicyclic) bond motifs is 1. The molecule has 7 heteroatoms. The molecule has 1 fully saturated rings. The van der Waals surface area contributed by atoms with Crippen LogP contribution < -0.4 is 10.9 Å². The van der Waals surface area contributed by atoms with Gasteiger partial charge in [-0.1, -0.05) is 20.8 Å². The van der Waals surface area contributed by atoms with Crippen molar-refractivity contribution in [3.05, 3.63) is 32.0 Å². The van der Waals surface area contributed by atoms with Crippen LogP contribution >= 0.6 is 22.6 Å². The van der Waals surface area contributed by atoms with Crippen molar-refractivity contribution >= 4 is 34.0 Å². The van der Waals surface area contributed by atoms with Gasteiger partial charge in [-0.15, -0.1) is 0 Å². The number of carbonyl (C=O) groups is 1. The first-order chi connectivity index (χ1) is 10.8. The molecule has 1 aliphatic rings. The molecule has 0 aromatic carbocycles. The van der Waals surface area contributed by atoms with Crippen molar-refractivity contribution < 1.29 is 4.79 Å². The van der Waals surface area contributed by atoms with Crippen LogP contribution in [0, 0.1) is 9.49 Å². The molecule has 0 radical (unpaired) electrons. The summed E-state index contributed by atoms with van der Waals surface area (Å²) in [5.41, 5.74) is 0.340. The highest BCUT2D eigenvalue weighted by molar-refractivity contribution is 14.1. The molecule has 23 heavy (non-hydrogen) atoms. The molecule has 1 amide bonds. The molecule has 0 atom stereocenters. The summed E-state index contributed by atoms with van der Waals surface area (Å²) in [6.45, 7) is 6.20. The van der Waals surface area contributed by atoms with Gasteiger partial charge in [0.15, 0.2) is 0 Å². The van der Waals surface area contributed by atoms with Gasteiger partial charge in [-0.2, -0.15) is 5.10 Å². The van der Waals surface area contributed by atoms with Crippen molar-refractivity contribution in [1.82, 2.24) is 19.5 Å². The van der Waals surface area contributed by atoms with Crippen LogP contribution in [0.1, 0.15) is 45.4 Å². The predicted molar refractivity (Wildman–Crippen MR) is 96.6 cm³/mol. The molecule has 124 valence electrons. The number of hydrogen-bond acceptors (Lipinski definition) is 3. The second-order valence-electron chi connectivity index (χ2n) is 6.73. The van der Waals surface area contributed by atoms with E-state index in [-0.39, 0.29) is 30.0 Å². The Morgan fingerprint density at radius 2 is 2.17 bits per heavy atom. The standard InChI is InChI=1S/C16H21IN4O2/c1-9(2)15-19-21(8-14(22)18-12-4-10(3)5-12)16(23)13-6-11(17)7-20(13)15/h6-7,9-10,12H,4-5,8H2,1-3H3,(H,18,22). The molecule has 0 unspecified atom stereocenters. The first-order valence-electron chi connectivity index (χ1n) is 7.93. The van der Waals surface area contributed by atoms with Gasteiger partial charge in [0, 0.05) is 21.7 Å². The summed E-state index contributed by atoms with van der Waals surface area (Å²) < 4.78 is 4.10. The minimum atomic E-state index is -0.227. The van der Waals surface area contributed by atoms with Crippen LogP contribution in [0.2, 0.25) is 0 Å². The van der Waals surface area contributed by atoms with Gasteiger partial charge in [-0.05, 0) is 47.4 Å². The fourth-order valence-corrected chi connectivity index (χ4v) is 3.64. The molecular weight excluding hydrogens is 407 g/mol. The van der Waals surface area contributed by atoms with E-state index in [2.05, 4.69) is 39.9 Å². The van der Waals surface area contributed by atoms with Gasteiger partial charge in [0.25, 0.3) is 5.56 Å². The lowest BCUT2D eigenvalue weighted by atomic mass is 9.82. The molecule has 1 N–H and O–H groups in total. The molecule has 1 saturated carbocycles. The summed E-state index contributed by atoms with van der Waals surface area (Å²) in [6, 6.07) is 2.08. The van der Waals surface area contributed by atoms with Crippen LogP contribution in [0.5, 0.6) is 0 Å². The van der Waals surface area contributed by atoms with Gasteiger partial charge in [-0.3, -0.25) is 14.0 Å². The highest BCUT2D eigenvalue weighted by Crippen LogP contribution is 2.26. The lowest BCUT2D eigenvalue weighted by molar-refractivity contribution is -0.123. The fourth-order valence-electron chi connectivity index (χ4n) is 3.06. The van der Waals surface area contributed by atoms with Gasteiger partial charge in [0.1, 0.15) is 17.9 Å². The number of nitrogens with zero attached hydrogens (tertiary/aromatic N) is 3. The van der Waals surface area contributed by atoms with Crippen molar-refractivity contribution in [2.75, 3.05) is 0 Å². The van der Waals surface area contributed by atoms with Crippen LogP contribution in [0.25, 0.3) is 5.52 Å². The zero-order valence-electron chi connectivity index (χ0n) is 13.5. The van der Waals surface area contributed by atoms with E-state index < -0.39 is 0 Å². The van der Waals surface area contributed by atoms with Crippen molar-refractivity contribution in [3.63, 3.8) is 0 Å². The molecule has 2 aromatic heterocycles. The first kappa shape index (κ1) is 16.5. The summed E-state index contributed by atoms with van der Waals surface area (Å²) in [7, 11) is 0. The van der Waals surface area contributed by atoms with Crippen molar-refractivity contribution in [1.29, 1.82) is 0 Å².